The minimum atomic E-state index is -0.405. The Morgan fingerprint density at radius 1 is 1.09 bits per heavy atom. The maximum absolute atomic E-state index is 14.3. The van der Waals surface area contributed by atoms with Crippen LogP contribution >= 0.6 is 11.8 Å². The fraction of sp³-hybridized carbons (Fsp3) is 0.292. The third-order valence-electron chi connectivity index (χ3n) is 5.75. The van der Waals surface area contributed by atoms with Crippen LogP contribution in [-0.4, -0.2) is 39.2 Å². The zero-order chi connectivity index (χ0) is 23.5. The molecule has 4 rings (SSSR count). The van der Waals surface area contributed by atoms with E-state index in [1.54, 1.807) is 24.7 Å². The largest absolute Gasteiger partial charge is 0.319 e. The van der Waals surface area contributed by atoms with Crippen LogP contribution in [-0.2, 0) is 23.1 Å². The van der Waals surface area contributed by atoms with E-state index in [-0.39, 0.29) is 34.6 Å². The number of hydrogen-bond donors (Lipinski definition) is 1. The number of hydrogen-bond acceptors (Lipinski definition) is 4. The minimum Gasteiger partial charge on any atom is -0.319 e. The summed E-state index contributed by atoms with van der Waals surface area (Å²) in [4.78, 5) is 39.6. The first-order valence-corrected chi connectivity index (χ1v) is 11.8. The molecule has 0 aliphatic carbocycles. The second-order valence-electron chi connectivity index (χ2n) is 7.87. The van der Waals surface area contributed by atoms with E-state index in [4.69, 9.17) is 0 Å². The third-order valence-corrected chi connectivity index (χ3v) is 6.66. The van der Waals surface area contributed by atoms with E-state index >= 15 is 0 Å². The van der Waals surface area contributed by atoms with Crippen molar-refractivity contribution < 1.29 is 14.0 Å². The van der Waals surface area contributed by atoms with Crippen molar-refractivity contribution in [1.82, 2.24) is 9.36 Å². The molecule has 0 atom stereocenters. The summed E-state index contributed by atoms with van der Waals surface area (Å²) in [6.07, 6.45) is 1.51. The van der Waals surface area contributed by atoms with E-state index in [0.717, 1.165) is 30.2 Å². The molecule has 2 heterocycles. The van der Waals surface area contributed by atoms with Crippen molar-refractivity contribution >= 4 is 35.0 Å². The second-order valence-corrected chi connectivity index (χ2v) is 8.86. The molecule has 1 aromatic heterocycles. The van der Waals surface area contributed by atoms with Crippen molar-refractivity contribution in [3.63, 3.8) is 0 Å². The maximum atomic E-state index is 14.3. The van der Waals surface area contributed by atoms with Gasteiger partial charge in [-0.25, -0.2) is 9.07 Å². The number of thioether (sulfide) groups is 1. The van der Waals surface area contributed by atoms with E-state index in [0.29, 0.717) is 23.6 Å². The number of fused-ring (bicyclic) bond motifs is 1. The van der Waals surface area contributed by atoms with Crippen LogP contribution in [0.4, 0.5) is 15.8 Å². The second kappa shape index (κ2) is 9.66. The normalized spacial score (nSPS) is 13.0. The fourth-order valence-electron chi connectivity index (χ4n) is 4.05. The Morgan fingerprint density at radius 2 is 1.85 bits per heavy atom. The van der Waals surface area contributed by atoms with Gasteiger partial charge < -0.3 is 10.2 Å². The summed E-state index contributed by atoms with van der Waals surface area (Å²) in [5.74, 6) is -0.964. The van der Waals surface area contributed by atoms with Gasteiger partial charge in [0.15, 0.2) is 0 Å². The summed E-state index contributed by atoms with van der Waals surface area (Å²) in [7, 11) is 1.75. The summed E-state index contributed by atoms with van der Waals surface area (Å²) in [5, 5.41) is 2.69. The molecule has 33 heavy (non-hydrogen) atoms. The quantitative estimate of drug-likeness (QED) is 0.603. The van der Waals surface area contributed by atoms with E-state index in [2.05, 4.69) is 5.32 Å². The van der Waals surface area contributed by atoms with Gasteiger partial charge in [0, 0.05) is 13.6 Å². The molecule has 1 aliphatic heterocycles. The Labute approximate surface area is 195 Å². The van der Waals surface area contributed by atoms with Crippen LogP contribution in [0, 0.1) is 12.7 Å². The number of nitrogens with one attached hydrogen (secondary N) is 1. The third kappa shape index (κ3) is 4.59. The molecule has 0 spiro atoms. The summed E-state index contributed by atoms with van der Waals surface area (Å²) in [5.41, 5.74) is 2.38. The zero-order valence-corrected chi connectivity index (χ0v) is 19.3. The van der Waals surface area contributed by atoms with Crippen molar-refractivity contribution in [3.05, 3.63) is 76.0 Å². The standard InChI is InChI=1S/C24H25FN4O3S/c1-16-22(24(32)29(27(16)2)18-10-4-3-5-11-18)26-20(30)14-33-15-21(31)28-13-7-9-17-8-6-12-19(25)23(17)28/h3-6,8,10-12H,7,9,13-15H2,1-2H3,(H,26,30). The SMILES string of the molecule is Cc1c(NC(=O)CSCC(=O)N2CCCc3cccc(F)c32)c(=O)n(-c2ccccc2)n1C. The highest BCUT2D eigenvalue weighted by molar-refractivity contribution is 8.00. The van der Waals surface area contributed by atoms with Crippen molar-refractivity contribution in [2.24, 2.45) is 7.05 Å². The summed E-state index contributed by atoms with van der Waals surface area (Å²) in [6.45, 7) is 2.22. The molecule has 0 fully saturated rings. The van der Waals surface area contributed by atoms with E-state index < -0.39 is 5.82 Å². The molecule has 0 radical (unpaired) electrons. The first kappa shape index (κ1) is 22.8. The molecular weight excluding hydrogens is 443 g/mol. The summed E-state index contributed by atoms with van der Waals surface area (Å²) < 4.78 is 17.5. The predicted molar refractivity (Wildman–Crippen MR) is 129 cm³/mol. The number of carbonyl (C=O) groups excluding carboxylic acids is 2. The van der Waals surface area contributed by atoms with Crippen LogP contribution in [0.25, 0.3) is 5.69 Å². The number of para-hydroxylation sites is 2. The first-order valence-electron chi connectivity index (χ1n) is 10.7. The van der Waals surface area contributed by atoms with Gasteiger partial charge in [-0.15, -0.1) is 11.8 Å². The molecule has 172 valence electrons. The van der Waals surface area contributed by atoms with Gasteiger partial charge in [0.25, 0.3) is 5.56 Å². The lowest BCUT2D eigenvalue weighted by Crippen LogP contribution is -2.37. The smallest absolute Gasteiger partial charge is 0.295 e. The number of halogens is 1. The summed E-state index contributed by atoms with van der Waals surface area (Å²) >= 11 is 1.14. The molecule has 9 heteroatoms. The molecule has 2 aromatic carbocycles. The van der Waals surface area contributed by atoms with E-state index in [9.17, 15) is 18.8 Å². The molecule has 7 nitrogen and oxygen atoms in total. The van der Waals surface area contributed by atoms with Gasteiger partial charge in [0.2, 0.25) is 11.8 Å². The Kier molecular flexibility index (Phi) is 6.69. The molecular formula is C24H25FN4O3S. The maximum Gasteiger partial charge on any atom is 0.295 e. The first-order chi connectivity index (χ1) is 15.9. The lowest BCUT2D eigenvalue weighted by molar-refractivity contribution is -0.116. The molecule has 2 amide bonds. The predicted octanol–water partition coefficient (Wildman–Crippen LogP) is 3.27. The number of benzene rings is 2. The van der Waals surface area contributed by atoms with Crippen LogP contribution in [0.15, 0.2) is 53.3 Å². The average molecular weight is 469 g/mol. The Hall–Kier alpha value is -3.33. The molecule has 3 aromatic rings. The molecule has 1 aliphatic rings. The number of carbonyl (C=O) groups is 2. The van der Waals surface area contributed by atoms with Gasteiger partial charge in [-0.1, -0.05) is 30.3 Å². The average Bonchev–Trinajstić information content (AvgIpc) is 3.02. The number of aromatic nitrogens is 2. The van der Waals surface area contributed by atoms with Crippen molar-refractivity contribution in [2.45, 2.75) is 19.8 Å². The highest BCUT2D eigenvalue weighted by atomic mass is 32.2. The summed E-state index contributed by atoms with van der Waals surface area (Å²) in [6, 6.07) is 14.0. The van der Waals surface area contributed by atoms with Crippen LogP contribution in [0.3, 0.4) is 0 Å². The fourth-order valence-corrected chi connectivity index (χ4v) is 4.74. The Bertz CT molecular complexity index is 1250. The van der Waals surface area contributed by atoms with Crippen LogP contribution < -0.4 is 15.8 Å². The lowest BCUT2D eigenvalue weighted by atomic mass is 10.0. The van der Waals surface area contributed by atoms with Gasteiger partial charge in [-0.2, -0.15) is 0 Å². The zero-order valence-electron chi connectivity index (χ0n) is 18.5. The van der Waals surface area contributed by atoms with Gasteiger partial charge in [-0.05, 0) is 43.5 Å². The highest BCUT2D eigenvalue weighted by Crippen LogP contribution is 2.30. The Balaban J connectivity index is 1.39. The van der Waals surface area contributed by atoms with Crippen molar-refractivity contribution in [2.75, 3.05) is 28.3 Å². The lowest BCUT2D eigenvalue weighted by Gasteiger charge is -2.29. The van der Waals surface area contributed by atoms with E-state index in [1.165, 1.54) is 15.6 Å². The number of nitrogens with zero attached hydrogens (tertiary/aromatic N) is 3. The molecule has 1 N–H and O–H groups in total. The topological polar surface area (TPSA) is 76.3 Å². The van der Waals surface area contributed by atoms with Gasteiger partial charge in [0.1, 0.15) is 11.5 Å². The van der Waals surface area contributed by atoms with Gasteiger partial charge in [0.05, 0.1) is 28.6 Å². The minimum absolute atomic E-state index is 0.00280. The number of rotatable bonds is 6. The van der Waals surface area contributed by atoms with Crippen LogP contribution in [0.2, 0.25) is 0 Å². The molecule has 0 saturated heterocycles. The van der Waals surface area contributed by atoms with E-state index in [1.807, 2.05) is 36.4 Å². The van der Waals surface area contributed by atoms with Crippen LogP contribution in [0.5, 0.6) is 0 Å². The van der Waals surface area contributed by atoms with Crippen molar-refractivity contribution in [3.8, 4) is 5.69 Å². The molecule has 0 unspecified atom stereocenters. The van der Waals surface area contributed by atoms with Gasteiger partial charge >= 0.3 is 0 Å². The van der Waals surface area contributed by atoms with Crippen LogP contribution in [0.1, 0.15) is 17.7 Å². The monoisotopic (exact) mass is 468 g/mol. The van der Waals surface area contributed by atoms with Crippen molar-refractivity contribution in [1.29, 1.82) is 0 Å². The number of aryl methyl sites for hydroxylation is 1. The Morgan fingerprint density at radius 3 is 2.61 bits per heavy atom. The highest BCUT2D eigenvalue weighted by Gasteiger charge is 2.25. The molecule has 0 bridgehead atoms. The number of anilines is 2. The molecule has 0 saturated carbocycles. The number of amides is 2. The van der Waals surface area contributed by atoms with Gasteiger partial charge in [-0.3, -0.25) is 19.1 Å².